The average Bonchev–Trinajstić information content (AvgIpc) is 3.06. The SMILES string of the molecule is COc1ccc(-c2csc(NC(=O)c3ccc(F)cc3)c2C(=O)O)cc1. The smallest absolute Gasteiger partial charge is 0.339 e. The molecule has 2 aromatic carbocycles. The van der Waals surface area contributed by atoms with Crippen molar-refractivity contribution in [2.75, 3.05) is 12.4 Å². The zero-order chi connectivity index (χ0) is 18.7. The van der Waals surface area contributed by atoms with Crippen LogP contribution >= 0.6 is 11.3 Å². The summed E-state index contributed by atoms with van der Waals surface area (Å²) in [5, 5.41) is 14.1. The van der Waals surface area contributed by atoms with Crippen LogP contribution in [0, 0.1) is 5.82 Å². The van der Waals surface area contributed by atoms with Crippen molar-refractivity contribution in [1.29, 1.82) is 0 Å². The zero-order valence-corrected chi connectivity index (χ0v) is 14.5. The lowest BCUT2D eigenvalue weighted by Gasteiger charge is -2.07. The lowest BCUT2D eigenvalue weighted by Crippen LogP contribution is -2.13. The second kappa shape index (κ2) is 7.37. The van der Waals surface area contributed by atoms with Gasteiger partial charge in [-0.15, -0.1) is 11.3 Å². The number of amides is 1. The second-order valence-electron chi connectivity index (χ2n) is 5.35. The monoisotopic (exact) mass is 371 g/mol. The first-order valence-electron chi connectivity index (χ1n) is 7.55. The summed E-state index contributed by atoms with van der Waals surface area (Å²) in [5.74, 6) is -1.45. The number of methoxy groups -OCH3 is 1. The van der Waals surface area contributed by atoms with Crippen molar-refractivity contribution in [2.24, 2.45) is 0 Å². The van der Waals surface area contributed by atoms with Gasteiger partial charge in [0.05, 0.1) is 7.11 Å². The highest BCUT2D eigenvalue weighted by atomic mass is 32.1. The molecule has 0 aliphatic carbocycles. The molecule has 0 saturated heterocycles. The Morgan fingerprint density at radius 3 is 2.31 bits per heavy atom. The third-order valence-electron chi connectivity index (χ3n) is 3.74. The summed E-state index contributed by atoms with van der Waals surface area (Å²) in [6.45, 7) is 0. The fourth-order valence-corrected chi connectivity index (χ4v) is 3.38. The molecule has 0 spiro atoms. The number of anilines is 1. The lowest BCUT2D eigenvalue weighted by atomic mass is 10.0. The number of ether oxygens (including phenoxy) is 1. The fraction of sp³-hybridized carbons (Fsp3) is 0.0526. The van der Waals surface area contributed by atoms with E-state index in [0.717, 1.165) is 11.3 Å². The first-order valence-corrected chi connectivity index (χ1v) is 8.43. The minimum absolute atomic E-state index is 0.00984. The summed E-state index contributed by atoms with van der Waals surface area (Å²) < 4.78 is 18.1. The highest BCUT2D eigenvalue weighted by molar-refractivity contribution is 7.15. The molecule has 7 heteroatoms. The summed E-state index contributed by atoms with van der Waals surface area (Å²) in [5.41, 5.74) is 1.44. The normalized spacial score (nSPS) is 10.4. The summed E-state index contributed by atoms with van der Waals surface area (Å²) in [6, 6.07) is 12.0. The number of halogens is 1. The number of carbonyl (C=O) groups is 2. The molecule has 0 fully saturated rings. The van der Waals surface area contributed by atoms with E-state index >= 15 is 0 Å². The number of thiophene rings is 1. The number of carboxylic acid groups (broad SMARTS) is 1. The number of benzene rings is 2. The Labute approximate surface area is 152 Å². The average molecular weight is 371 g/mol. The highest BCUT2D eigenvalue weighted by Crippen LogP contribution is 2.36. The van der Waals surface area contributed by atoms with E-state index < -0.39 is 17.7 Å². The van der Waals surface area contributed by atoms with E-state index in [-0.39, 0.29) is 16.1 Å². The molecule has 0 aliphatic heterocycles. The maximum Gasteiger partial charge on any atom is 0.339 e. The summed E-state index contributed by atoms with van der Waals surface area (Å²) in [4.78, 5) is 24.0. The van der Waals surface area contributed by atoms with Gasteiger partial charge in [-0.1, -0.05) is 12.1 Å². The molecule has 1 amide bonds. The molecule has 0 atom stereocenters. The van der Waals surface area contributed by atoms with Crippen LogP contribution in [0.3, 0.4) is 0 Å². The highest BCUT2D eigenvalue weighted by Gasteiger charge is 2.21. The van der Waals surface area contributed by atoms with Gasteiger partial charge in [0.15, 0.2) is 0 Å². The molecule has 2 N–H and O–H groups in total. The molecule has 0 radical (unpaired) electrons. The Balaban J connectivity index is 1.93. The first-order chi connectivity index (χ1) is 12.5. The van der Waals surface area contributed by atoms with Gasteiger partial charge in [-0.25, -0.2) is 9.18 Å². The molecule has 1 aromatic heterocycles. The Morgan fingerprint density at radius 2 is 1.73 bits per heavy atom. The number of carbonyl (C=O) groups excluding carboxylic acids is 1. The van der Waals surface area contributed by atoms with E-state index in [9.17, 15) is 19.1 Å². The molecular formula is C19H14FNO4S. The molecule has 5 nitrogen and oxygen atoms in total. The number of carboxylic acids is 1. The molecule has 0 unspecified atom stereocenters. The van der Waals surface area contributed by atoms with Gasteiger partial charge in [0, 0.05) is 16.5 Å². The number of nitrogens with one attached hydrogen (secondary N) is 1. The largest absolute Gasteiger partial charge is 0.497 e. The van der Waals surface area contributed by atoms with Crippen LogP contribution in [0.4, 0.5) is 9.39 Å². The summed E-state index contributed by atoms with van der Waals surface area (Å²) in [6.07, 6.45) is 0. The molecule has 0 bridgehead atoms. The Kier molecular flexibility index (Phi) is 4.99. The second-order valence-corrected chi connectivity index (χ2v) is 6.23. The van der Waals surface area contributed by atoms with Crippen LogP contribution < -0.4 is 10.1 Å². The van der Waals surface area contributed by atoms with Crippen LogP contribution in [-0.2, 0) is 0 Å². The summed E-state index contributed by atoms with van der Waals surface area (Å²) >= 11 is 1.12. The molecule has 3 rings (SSSR count). The van der Waals surface area contributed by atoms with E-state index in [1.54, 1.807) is 36.8 Å². The maximum absolute atomic E-state index is 13.0. The minimum atomic E-state index is -1.15. The van der Waals surface area contributed by atoms with Gasteiger partial charge >= 0.3 is 5.97 Å². The van der Waals surface area contributed by atoms with Crippen molar-refractivity contribution in [3.8, 4) is 16.9 Å². The Morgan fingerprint density at radius 1 is 1.08 bits per heavy atom. The van der Waals surface area contributed by atoms with Gasteiger partial charge in [-0.3, -0.25) is 4.79 Å². The quantitative estimate of drug-likeness (QED) is 0.692. The van der Waals surface area contributed by atoms with Gasteiger partial charge in [0.2, 0.25) is 0 Å². The van der Waals surface area contributed by atoms with Gasteiger partial charge in [-0.05, 0) is 42.0 Å². The lowest BCUT2D eigenvalue weighted by molar-refractivity contribution is 0.0699. The van der Waals surface area contributed by atoms with Crippen LogP contribution in [0.1, 0.15) is 20.7 Å². The topological polar surface area (TPSA) is 75.6 Å². The van der Waals surface area contributed by atoms with E-state index in [0.29, 0.717) is 16.9 Å². The van der Waals surface area contributed by atoms with Crippen LogP contribution in [-0.4, -0.2) is 24.1 Å². The van der Waals surface area contributed by atoms with Crippen molar-refractivity contribution in [3.05, 3.63) is 70.9 Å². The van der Waals surface area contributed by atoms with Gasteiger partial charge in [-0.2, -0.15) is 0 Å². The van der Waals surface area contributed by atoms with Crippen LogP contribution in [0.15, 0.2) is 53.9 Å². The number of aromatic carboxylic acids is 1. The van der Waals surface area contributed by atoms with E-state index in [2.05, 4.69) is 5.32 Å². The molecule has 1 heterocycles. The van der Waals surface area contributed by atoms with Gasteiger partial charge in [0.25, 0.3) is 5.91 Å². The maximum atomic E-state index is 13.0. The van der Waals surface area contributed by atoms with Gasteiger partial charge < -0.3 is 15.2 Å². The standard InChI is InChI=1S/C19H14FNO4S/c1-25-14-8-4-11(5-9-14)15-10-26-18(16(15)19(23)24)21-17(22)12-2-6-13(20)7-3-12/h2-10H,1H3,(H,21,22)(H,23,24). The van der Waals surface area contributed by atoms with E-state index in [1.165, 1.54) is 24.3 Å². The van der Waals surface area contributed by atoms with Crippen molar-refractivity contribution in [1.82, 2.24) is 0 Å². The van der Waals surface area contributed by atoms with E-state index in [4.69, 9.17) is 4.74 Å². The Bertz CT molecular complexity index is 949. The Hall–Kier alpha value is -3.19. The van der Waals surface area contributed by atoms with Crippen LogP contribution in [0.25, 0.3) is 11.1 Å². The molecule has 132 valence electrons. The molecule has 0 aliphatic rings. The minimum Gasteiger partial charge on any atom is -0.497 e. The van der Waals surface area contributed by atoms with E-state index in [1.807, 2.05) is 0 Å². The van der Waals surface area contributed by atoms with Crippen molar-refractivity contribution in [3.63, 3.8) is 0 Å². The van der Waals surface area contributed by atoms with Crippen LogP contribution in [0.2, 0.25) is 0 Å². The number of hydrogen-bond donors (Lipinski definition) is 2. The predicted octanol–water partition coefficient (Wildman–Crippen LogP) is 4.51. The van der Waals surface area contributed by atoms with Crippen LogP contribution in [0.5, 0.6) is 5.75 Å². The molecule has 26 heavy (non-hydrogen) atoms. The predicted molar refractivity (Wildman–Crippen MR) is 97.6 cm³/mol. The molecule has 3 aromatic rings. The molecular weight excluding hydrogens is 357 g/mol. The molecule has 0 saturated carbocycles. The van der Waals surface area contributed by atoms with Gasteiger partial charge in [0.1, 0.15) is 22.1 Å². The van der Waals surface area contributed by atoms with Crippen molar-refractivity contribution < 1.29 is 23.8 Å². The number of rotatable bonds is 5. The zero-order valence-electron chi connectivity index (χ0n) is 13.7. The third kappa shape index (κ3) is 3.57. The third-order valence-corrected chi connectivity index (χ3v) is 4.63. The summed E-state index contributed by atoms with van der Waals surface area (Å²) in [7, 11) is 1.55. The number of hydrogen-bond acceptors (Lipinski definition) is 4. The van der Waals surface area contributed by atoms with Crippen molar-refractivity contribution in [2.45, 2.75) is 0 Å². The fourth-order valence-electron chi connectivity index (χ4n) is 2.42. The first kappa shape index (κ1) is 17.6. The van der Waals surface area contributed by atoms with Crippen molar-refractivity contribution >= 4 is 28.2 Å².